The Bertz CT molecular complexity index is 309. The van der Waals surface area contributed by atoms with E-state index in [-0.39, 0.29) is 12.1 Å². The minimum Gasteiger partial charge on any atom is -0.211 e. The first-order valence-corrected chi connectivity index (χ1v) is 6.00. The molecule has 0 bridgehead atoms. The predicted molar refractivity (Wildman–Crippen MR) is 58.5 cm³/mol. The van der Waals surface area contributed by atoms with Crippen LogP contribution in [0.1, 0.15) is 38.5 Å². The summed E-state index contributed by atoms with van der Waals surface area (Å²) in [6, 6.07) is 0.224. The SMILES string of the molecule is O=C=NC1CCC(N=C=O)C2CCCCC12. The van der Waals surface area contributed by atoms with Crippen molar-refractivity contribution in [2.45, 2.75) is 50.6 Å². The van der Waals surface area contributed by atoms with Crippen molar-refractivity contribution in [2.24, 2.45) is 21.8 Å². The molecule has 0 radical (unpaired) electrons. The number of aliphatic imine (C=N–C) groups is 2. The number of fused-ring (bicyclic) bond motifs is 1. The van der Waals surface area contributed by atoms with E-state index in [1.165, 1.54) is 12.8 Å². The number of carbonyl (C=O) groups excluding carboxylic acids is 2. The van der Waals surface area contributed by atoms with E-state index >= 15 is 0 Å². The van der Waals surface area contributed by atoms with Gasteiger partial charge >= 0.3 is 0 Å². The molecule has 0 aromatic rings. The highest BCUT2D eigenvalue weighted by Crippen LogP contribution is 2.42. The van der Waals surface area contributed by atoms with Crippen molar-refractivity contribution in [1.82, 2.24) is 0 Å². The van der Waals surface area contributed by atoms with Gasteiger partial charge in [-0.05, 0) is 37.5 Å². The number of nitrogens with zero attached hydrogens (tertiary/aromatic N) is 2. The Morgan fingerprint density at radius 2 is 1.19 bits per heavy atom. The maximum absolute atomic E-state index is 10.4. The number of isocyanates is 2. The second-order valence-electron chi connectivity index (χ2n) is 4.76. The molecular weight excluding hydrogens is 204 g/mol. The zero-order valence-corrected chi connectivity index (χ0v) is 9.26. The van der Waals surface area contributed by atoms with Gasteiger partial charge in [-0.2, -0.15) is 0 Å². The Kier molecular flexibility index (Phi) is 3.66. The van der Waals surface area contributed by atoms with Gasteiger partial charge < -0.3 is 0 Å². The van der Waals surface area contributed by atoms with Crippen LogP contribution in [-0.4, -0.2) is 24.2 Å². The molecule has 0 aromatic heterocycles. The van der Waals surface area contributed by atoms with Gasteiger partial charge in [0.25, 0.3) is 0 Å². The Morgan fingerprint density at radius 1 is 0.750 bits per heavy atom. The quantitative estimate of drug-likeness (QED) is 0.528. The summed E-state index contributed by atoms with van der Waals surface area (Å²) < 4.78 is 0. The fraction of sp³-hybridized carbons (Fsp3) is 0.833. The highest BCUT2D eigenvalue weighted by atomic mass is 16.1. The van der Waals surface area contributed by atoms with Crippen LogP contribution in [0.5, 0.6) is 0 Å². The van der Waals surface area contributed by atoms with Gasteiger partial charge in [-0.15, -0.1) is 0 Å². The van der Waals surface area contributed by atoms with Crippen molar-refractivity contribution in [2.75, 3.05) is 0 Å². The molecule has 0 heterocycles. The van der Waals surface area contributed by atoms with Crippen LogP contribution in [0.4, 0.5) is 0 Å². The molecule has 86 valence electrons. The maximum atomic E-state index is 10.4. The first-order valence-electron chi connectivity index (χ1n) is 6.00. The van der Waals surface area contributed by atoms with Crippen LogP contribution in [0.3, 0.4) is 0 Å². The van der Waals surface area contributed by atoms with Gasteiger partial charge in [0.2, 0.25) is 12.2 Å². The Hall–Kier alpha value is -1.24. The van der Waals surface area contributed by atoms with E-state index in [1.807, 2.05) is 0 Å². The second kappa shape index (κ2) is 5.20. The molecule has 0 aromatic carbocycles. The Balaban J connectivity index is 2.17. The molecule has 2 aliphatic rings. The number of hydrogen-bond acceptors (Lipinski definition) is 4. The highest BCUT2D eigenvalue weighted by Gasteiger charge is 2.40. The highest BCUT2D eigenvalue weighted by molar-refractivity contribution is 5.35. The standard InChI is InChI=1S/C12H16N2O2/c15-7-13-11-5-6-12(14-8-16)10-4-2-1-3-9(10)11/h9-12H,1-6H2. The van der Waals surface area contributed by atoms with E-state index in [2.05, 4.69) is 9.98 Å². The molecule has 2 saturated carbocycles. The summed E-state index contributed by atoms with van der Waals surface area (Å²) in [4.78, 5) is 28.6. The van der Waals surface area contributed by atoms with E-state index < -0.39 is 0 Å². The lowest BCUT2D eigenvalue weighted by Crippen LogP contribution is -2.41. The molecule has 0 amide bonds. The van der Waals surface area contributed by atoms with Gasteiger partial charge in [0.15, 0.2) is 0 Å². The van der Waals surface area contributed by atoms with Crippen molar-refractivity contribution in [3.8, 4) is 0 Å². The van der Waals surface area contributed by atoms with Gasteiger partial charge in [-0.25, -0.2) is 19.6 Å². The summed E-state index contributed by atoms with van der Waals surface area (Å²) in [6.45, 7) is 0. The predicted octanol–water partition coefficient (Wildman–Crippen LogP) is 2.00. The van der Waals surface area contributed by atoms with Gasteiger partial charge in [0, 0.05) is 0 Å². The maximum Gasteiger partial charge on any atom is 0.235 e. The third kappa shape index (κ3) is 2.13. The molecule has 4 heteroatoms. The summed E-state index contributed by atoms with van der Waals surface area (Å²) in [5.74, 6) is 0.845. The minimum absolute atomic E-state index is 0.112. The summed E-state index contributed by atoms with van der Waals surface area (Å²) in [5, 5.41) is 0. The van der Waals surface area contributed by atoms with Gasteiger partial charge in [-0.3, -0.25) is 0 Å². The average molecular weight is 220 g/mol. The van der Waals surface area contributed by atoms with Crippen molar-refractivity contribution in [1.29, 1.82) is 0 Å². The molecule has 0 N–H and O–H groups in total. The molecule has 16 heavy (non-hydrogen) atoms. The molecule has 0 aliphatic heterocycles. The van der Waals surface area contributed by atoms with E-state index in [0.717, 1.165) is 25.7 Å². The van der Waals surface area contributed by atoms with Crippen LogP contribution < -0.4 is 0 Å². The summed E-state index contributed by atoms with van der Waals surface area (Å²) >= 11 is 0. The van der Waals surface area contributed by atoms with Crippen LogP contribution in [0.25, 0.3) is 0 Å². The molecular formula is C12H16N2O2. The Labute approximate surface area is 94.9 Å². The third-order valence-electron chi connectivity index (χ3n) is 4.06. The van der Waals surface area contributed by atoms with Crippen LogP contribution in [-0.2, 0) is 9.59 Å². The van der Waals surface area contributed by atoms with E-state index in [1.54, 1.807) is 12.2 Å². The van der Waals surface area contributed by atoms with E-state index in [9.17, 15) is 9.59 Å². The van der Waals surface area contributed by atoms with Gasteiger partial charge in [0.05, 0.1) is 12.1 Å². The molecule has 4 atom stereocenters. The zero-order chi connectivity index (χ0) is 11.4. The smallest absolute Gasteiger partial charge is 0.211 e. The first-order chi connectivity index (χ1) is 7.86. The van der Waals surface area contributed by atoms with Crippen LogP contribution in [0.2, 0.25) is 0 Å². The first kappa shape index (κ1) is 11.3. The van der Waals surface area contributed by atoms with Crippen molar-refractivity contribution >= 4 is 12.2 Å². The molecule has 2 fully saturated rings. The lowest BCUT2D eigenvalue weighted by Gasteiger charge is -2.41. The largest absolute Gasteiger partial charge is 0.235 e. The molecule has 2 rings (SSSR count). The summed E-state index contributed by atoms with van der Waals surface area (Å²) in [7, 11) is 0. The van der Waals surface area contributed by atoms with Crippen LogP contribution in [0, 0.1) is 11.8 Å². The Morgan fingerprint density at radius 3 is 1.56 bits per heavy atom. The summed E-state index contributed by atoms with van der Waals surface area (Å²) in [5.41, 5.74) is 0. The summed E-state index contributed by atoms with van der Waals surface area (Å²) in [6.07, 6.45) is 9.68. The molecule has 4 unspecified atom stereocenters. The number of hydrogen-bond donors (Lipinski definition) is 0. The average Bonchev–Trinajstić information content (AvgIpc) is 2.33. The van der Waals surface area contributed by atoms with E-state index in [0.29, 0.717) is 11.8 Å². The zero-order valence-electron chi connectivity index (χ0n) is 9.26. The van der Waals surface area contributed by atoms with Crippen LogP contribution >= 0.6 is 0 Å². The fourth-order valence-corrected chi connectivity index (χ4v) is 3.37. The lowest BCUT2D eigenvalue weighted by molar-refractivity contribution is 0.126. The minimum atomic E-state index is 0.112. The van der Waals surface area contributed by atoms with Crippen LogP contribution in [0.15, 0.2) is 9.98 Å². The van der Waals surface area contributed by atoms with Gasteiger partial charge in [0.1, 0.15) is 0 Å². The fourth-order valence-electron chi connectivity index (χ4n) is 3.37. The topological polar surface area (TPSA) is 58.9 Å². The molecule has 2 aliphatic carbocycles. The third-order valence-corrected chi connectivity index (χ3v) is 4.06. The molecule has 4 nitrogen and oxygen atoms in total. The van der Waals surface area contributed by atoms with Gasteiger partial charge in [-0.1, -0.05) is 12.8 Å². The number of rotatable bonds is 2. The molecule has 0 spiro atoms. The van der Waals surface area contributed by atoms with Crippen molar-refractivity contribution < 1.29 is 9.59 Å². The van der Waals surface area contributed by atoms with Crippen molar-refractivity contribution in [3.05, 3.63) is 0 Å². The molecule has 0 saturated heterocycles. The monoisotopic (exact) mass is 220 g/mol. The van der Waals surface area contributed by atoms with E-state index in [4.69, 9.17) is 0 Å². The normalized spacial score (nSPS) is 37.8. The lowest BCUT2D eigenvalue weighted by atomic mass is 9.66. The second-order valence-corrected chi connectivity index (χ2v) is 4.76. The van der Waals surface area contributed by atoms with Crippen molar-refractivity contribution in [3.63, 3.8) is 0 Å².